The molecule has 0 unspecified atom stereocenters. The molecule has 1 saturated carbocycles. The molecule has 0 amide bonds. The fraction of sp³-hybridized carbons (Fsp3) is 0.478. The van der Waals surface area contributed by atoms with Crippen LogP contribution in [0.5, 0.6) is 0 Å². The summed E-state index contributed by atoms with van der Waals surface area (Å²) in [6, 6.07) is 13.3. The van der Waals surface area contributed by atoms with E-state index in [0.717, 1.165) is 18.2 Å². The summed E-state index contributed by atoms with van der Waals surface area (Å²) in [5.41, 5.74) is 3.76. The maximum Gasteiger partial charge on any atom is 0.169 e. The van der Waals surface area contributed by atoms with Gasteiger partial charge in [-0.25, -0.2) is 0 Å². The topological polar surface area (TPSA) is 28.2 Å². The Labute approximate surface area is 169 Å². The largest absolute Gasteiger partial charge is 0.360 e. The van der Waals surface area contributed by atoms with Gasteiger partial charge in [0.2, 0.25) is 0 Å². The second-order valence-corrected chi connectivity index (χ2v) is 8.08. The average molecular weight is 382 g/mol. The second-order valence-electron chi connectivity index (χ2n) is 7.70. The monoisotopic (exact) mass is 381 g/mol. The molecule has 4 heteroatoms. The van der Waals surface area contributed by atoms with Crippen LogP contribution < -0.4 is 5.32 Å². The van der Waals surface area contributed by atoms with E-state index in [1.54, 1.807) is 0 Å². The van der Waals surface area contributed by atoms with E-state index in [-0.39, 0.29) is 0 Å². The molecule has 3 rings (SSSR count). The molecule has 1 aliphatic rings. The third kappa shape index (κ3) is 6.62. The highest BCUT2D eigenvalue weighted by atomic mass is 32.1. The number of hydrogen-bond acceptors (Lipinski definition) is 2. The zero-order chi connectivity index (χ0) is 18.9. The molecule has 144 valence electrons. The van der Waals surface area contributed by atoms with Crippen LogP contribution in [0.4, 0.5) is 0 Å². The smallest absolute Gasteiger partial charge is 0.169 e. The molecule has 0 atom stereocenters. The number of nitrogens with zero attached hydrogens (tertiary/aromatic N) is 2. The van der Waals surface area contributed by atoms with Gasteiger partial charge >= 0.3 is 0 Å². The molecule has 3 nitrogen and oxygen atoms in total. The van der Waals surface area contributed by atoms with Gasteiger partial charge in [-0.05, 0) is 49.2 Å². The first-order valence-electron chi connectivity index (χ1n) is 10.2. The molecule has 1 heterocycles. The van der Waals surface area contributed by atoms with Crippen molar-refractivity contribution in [1.82, 2.24) is 15.2 Å². The molecule has 2 aromatic rings. The molecule has 27 heavy (non-hydrogen) atoms. The number of aryl methyl sites for hydroxylation is 1. The van der Waals surface area contributed by atoms with Crippen molar-refractivity contribution in [3.8, 4) is 0 Å². The second kappa shape index (κ2) is 10.4. The lowest BCUT2D eigenvalue weighted by Crippen LogP contribution is -2.44. The number of thiocarbonyl (C=S) groups is 1. The lowest BCUT2D eigenvalue weighted by atomic mass is 9.97. The summed E-state index contributed by atoms with van der Waals surface area (Å²) in [7, 11) is 0. The third-order valence-electron chi connectivity index (χ3n) is 5.27. The Morgan fingerprint density at radius 3 is 2.44 bits per heavy atom. The highest BCUT2D eigenvalue weighted by Crippen LogP contribution is 2.18. The van der Waals surface area contributed by atoms with Crippen molar-refractivity contribution >= 4 is 17.3 Å². The quantitative estimate of drug-likeness (QED) is 0.704. The molecule has 1 N–H and O–H groups in total. The molecule has 0 bridgehead atoms. The van der Waals surface area contributed by atoms with E-state index in [0.29, 0.717) is 6.04 Å². The van der Waals surface area contributed by atoms with Crippen molar-refractivity contribution in [2.75, 3.05) is 0 Å². The first-order chi connectivity index (χ1) is 13.2. The van der Waals surface area contributed by atoms with E-state index < -0.39 is 0 Å². The van der Waals surface area contributed by atoms with Crippen LogP contribution in [0.1, 0.15) is 61.6 Å². The van der Waals surface area contributed by atoms with E-state index >= 15 is 0 Å². The van der Waals surface area contributed by atoms with Crippen LogP contribution in [0.2, 0.25) is 0 Å². The van der Waals surface area contributed by atoms with E-state index in [1.807, 2.05) is 18.5 Å². The van der Waals surface area contributed by atoms with Crippen LogP contribution in [-0.4, -0.2) is 21.0 Å². The Hall–Kier alpha value is -1.94. The minimum atomic E-state index is 0.506. The molecule has 1 aliphatic carbocycles. The minimum Gasteiger partial charge on any atom is -0.360 e. The first kappa shape index (κ1) is 19.8. The van der Waals surface area contributed by atoms with Gasteiger partial charge in [0, 0.05) is 31.5 Å². The zero-order valence-electron chi connectivity index (χ0n) is 16.4. The summed E-state index contributed by atoms with van der Waals surface area (Å²) in [5.74, 6) is 0. The van der Waals surface area contributed by atoms with Gasteiger partial charge in [0.25, 0.3) is 0 Å². The fourth-order valence-corrected chi connectivity index (χ4v) is 4.10. The van der Waals surface area contributed by atoms with Crippen LogP contribution in [0.15, 0.2) is 48.8 Å². The Bertz CT molecular complexity index is 709. The summed E-state index contributed by atoms with van der Waals surface area (Å²) in [6.07, 6.45) is 12.9. The van der Waals surface area contributed by atoms with Gasteiger partial charge in [-0.3, -0.25) is 4.98 Å². The lowest BCUT2D eigenvalue weighted by Gasteiger charge is -2.30. The Morgan fingerprint density at radius 2 is 1.74 bits per heavy atom. The van der Waals surface area contributed by atoms with E-state index in [2.05, 4.69) is 52.5 Å². The van der Waals surface area contributed by atoms with Crippen molar-refractivity contribution in [1.29, 1.82) is 0 Å². The lowest BCUT2D eigenvalue weighted by molar-refractivity contribution is 0.370. The molecule has 1 aromatic heterocycles. The molecule has 1 aromatic carbocycles. The molecule has 1 fully saturated rings. The highest BCUT2D eigenvalue weighted by molar-refractivity contribution is 7.80. The molecule has 0 spiro atoms. The predicted octanol–water partition coefficient (Wildman–Crippen LogP) is 5.38. The Balaban J connectivity index is 1.70. The van der Waals surface area contributed by atoms with Gasteiger partial charge < -0.3 is 10.2 Å². The van der Waals surface area contributed by atoms with Crippen molar-refractivity contribution in [3.63, 3.8) is 0 Å². The molecular formula is C23H31N3S. The molecule has 0 aliphatic heterocycles. The molecular weight excluding hydrogens is 350 g/mol. The normalized spacial score (nSPS) is 15.6. The number of nitrogens with one attached hydrogen (secondary N) is 1. The summed E-state index contributed by atoms with van der Waals surface area (Å²) in [4.78, 5) is 6.54. The van der Waals surface area contributed by atoms with E-state index in [1.165, 1.54) is 61.6 Å². The van der Waals surface area contributed by atoms with Crippen LogP contribution in [0.25, 0.3) is 0 Å². The van der Waals surface area contributed by atoms with Gasteiger partial charge in [-0.2, -0.15) is 0 Å². The van der Waals surface area contributed by atoms with Gasteiger partial charge in [-0.1, -0.05) is 68.0 Å². The highest BCUT2D eigenvalue weighted by Gasteiger charge is 2.17. The van der Waals surface area contributed by atoms with Crippen LogP contribution >= 0.6 is 12.2 Å². The average Bonchev–Trinajstić information content (AvgIpc) is 2.64. The number of hydrogen-bond donors (Lipinski definition) is 1. The van der Waals surface area contributed by atoms with Gasteiger partial charge in [0.1, 0.15) is 0 Å². The van der Waals surface area contributed by atoms with Crippen LogP contribution in [0, 0.1) is 6.92 Å². The minimum absolute atomic E-state index is 0.506. The summed E-state index contributed by atoms with van der Waals surface area (Å²) >= 11 is 5.86. The number of pyridine rings is 1. The molecule has 0 radical (unpaired) electrons. The summed E-state index contributed by atoms with van der Waals surface area (Å²) < 4.78 is 0. The van der Waals surface area contributed by atoms with Crippen molar-refractivity contribution in [2.45, 2.75) is 71.0 Å². The fourth-order valence-electron chi connectivity index (χ4n) is 3.81. The maximum atomic E-state index is 5.86. The number of benzene rings is 1. The van der Waals surface area contributed by atoms with Crippen molar-refractivity contribution in [2.24, 2.45) is 0 Å². The first-order valence-corrected chi connectivity index (χ1v) is 10.6. The standard InChI is InChI=1S/C23H31N3S/c1-19-9-7-10-20(15-19)17-26(18-21-11-8-14-24-16-21)23(27)25-22-12-5-3-2-4-6-13-22/h7-11,14-16,22H,2-6,12-13,17-18H2,1H3,(H,25,27). The van der Waals surface area contributed by atoms with Gasteiger partial charge in [0.05, 0.1) is 0 Å². The van der Waals surface area contributed by atoms with Crippen molar-refractivity contribution in [3.05, 3.63) is 65.5 Å². The van der Waals surface area contributed by atoms with E-state index in [9.17, 15) is 0 Å². The summed E-state index contributed by atoms with van der Waals surface area (Å²) in [5, 5.41) is 4.55. The Kier molecular flexibility index (Phi) is 7.64. The summed E-state index contributed by atoms with van der Waals surface area (Å²) in [6.45, 7) is 3.73. The maximum absolute atomic E-state index is 5.86. The SMILES string of the molecule is Cc1cccc(CN(Cc2cccnc2)C(=S)NC2CCCCCCC2)c1. The van der Waals surface area contributed by atoms with E-state index in [4.69, 9.17) is 12.2 Å². The number of rotatable bonds is 5. The third-order valence-corrected chi connectivity index (χ3v) is 5.65. The van der Waals surface area contributed by atoms with Crippen molar-refractivity contribution < 1.29 is 0 Å². The molecule has 0 saturated heterocycles. The Morgan fingerprint density at radius 1 is 1.04 bits per heavy atom. The van der Waals surface area contributed by atoms with Gasteiger partial charge in [0.15, 0.2) is 5.11 Å². The predicted molar refractivity (Wildman–Crippen MR) is 117 cm³/mol. The van der Waals surface area contributed by atoms with Crippen LogP contribution in [0.3, 0.4) is 0 Å². The van der Waals surface area contributed by atoms with Gasteiger partial charge in [-0.15, -0.1) is 0 Å². The zero-order valence-corrected chi connectivity index (χ0v) is 17.2. The number of aromatic nitrogens is 1. The van der Waals surface area contributed by atoms with Crippen LogP contribution in [-0.2, 0) is 13.1 Å².